The van der Waals surface area contributed by atoms with Crippen molar-refractivity contribution in [2.75, 3.05) is 11.2 Å². The van der Waals surface area contributed by atoms with Gasteiger partial charge in [0.25, 0.3) is 0 Å². The second kappa shape index (κ2) is 7.70. The van der Waals surface area contributed by atoms with E-state index in [1.54, 1.807) is 13.0 Å². The Morgan fingerprint density at radius 1 is 1.48 bits per heavy atom. The first-order valence-corrected chi connectivity index (χ1v) is 8.61. The average molecular weight is 354 g/mol. The van der Waals surface area contributed by atoms with E-state index in [2.05, 4.69) is 15.5 Å². The molecule has 6 nitrogen and oxygen atoms in total. The number of hydrogen-bond donors (Lipinski definition) is 2. The number of anilines is 1. The number of nitrogens with two attached hydrogens (primary N) is 1. The number of carbonyl (C=O) groups excluding carboxylic acids is 1. The van der Waals surface area contributed by atoms with Crippen molar-refractivity contribution < 1.29 is 4.79 Å². The van der Waals surface area contributed by atoms with Crippen molar-refractivity contribution in [3.63, 3.8) is 0 Å². The molecule has 0 spiro atoms. The number of aromatic nitrogens is 3. The van der Waals surface area contributed by atoms with Crippen LogP contribution in [0.1, 0.15) is 31.7 Å². The summed E-state index contributed by atoms with van der Waals surface area (Å²) in [5.74, 6) is 6.52. The predicted molar refractivity (Wildman–Crippen MR) is 94.3 cm³/mol. The van der Waals surface area contributed by atoms with Crippen LogP contribution in [0, 0.1) is 6.92 Å². The Balaban J connectivity index is 2.01. The fourth-order valence-electron chi connectivity index (χ4n) is 1.91. The molecule has 0 fully saturated rings. The highest BCUT2D eigenvalue weighted by molar-refractivity contribution is 8.00. The molecule has 3 N–H and O–H groups in total. The molecule has 1 aromatic carbocycles. The monoisotopic (exact) mass is 353 g/mol. The maximum atomic E-state index is 12.3. The van der Waals surface area contributed by atoms with E-state index in [0.29, 0.717) is 21.7 Å². The van der Waals surface area contributed by atoms with Gasteiger partial charge in [0.15, 0.2) is 5.82 Å². The smallest absolute Gasteiger partial charge is 0.237 e. The molecule has 0 aliphatic heterocycles. The molecular weight excluding hydrogens is 334 g/mol. The van der Waals surface area contributed by atoms with E-state index in [9.17, 15) is 4.79 Å². The normalized spacial score (nSPS) is 12.2. The molecule has 8 heteroatoms. The molecule has 2 aromatic rings. The maximum absolute atomic E-state index is 12.3. The lowest BCUT2D eigenvalue weighted by Crippen LogP contribution is -2.24. The van der Waals surface area contributed by atoms with Gasteiger partial charge in [0.1, 0.15) is 0 Å². The number of thioether (sulfide) groups is 1. The molecule has 0 saturated carbocycles. The van der Waals surface area contributed by atoms with E-state index in [1.807, 2.05) is 26.0 Å². The summed E-state index contributed by atoms with van der Waals surface area (Å²) in [5.41, 5.74) is 1.63. The summed E-state index contributed by atoms with van der Waals surface area (Å²) < 4.78 is 1.45. The first kappa shape index (κ1) is 17.6. The number of nitrogen functional groups attached to an aromatic ring is 1. The number of benzene rings is 1. The van der Waals surface area contributed by atoms with Crippen LogP contribution in [0.25, 0.3) is 0 Å². The second-order valence-corrected chi connectivity index (χ2v) is 6.95. The van der Waals surface area contributed by atoms with Crippen LogP contribution in [0.2, 0.25) is 5.02 Å². The Hall–Kier alpha value is -1.73. The highest BCUT2D eigenvalue weighted by atomic mass is 35.5. The fraction of sp³-hybridized carbons (Fsp3) is 0.400. The van der Waals surface area contributed by atoms with Crippen molar-refractivity contribution >= 4 is 35.0 Å². The maximum Gasteiger partial charge on any atom is 0.237 e. The van der Waals surface area contributed by atoms with E-state index in [4.69, 9.17) is 17.4 Å². The van der Waals surface area contributed by atoms with Crippen molar-refractivity contribution in [3.05, 3.63) is 34.6 Å². The van der Waals surface area contributed by atoms with Crippen LogP contribution < -0.4 is 11.2 Å². The highest BCUT2D eigenvalue weighted by Gasteiger charge is 2.19. The van der Waals surface area contributed by atoms with Gasteiger partial charge in [-0.15, -0.1) is 10.2 Å². The molecule has 1 atom stereocenters. The summed E-state index contributed by atoms with van der Waals surface area (Å²) in [4.78, 5) is 12.3. The second-order valence-electron chi connectivity index (χ2n) is 5.23. The molecule has 0 bridgehead atoms. The lowest BCUT2D eigenvalue weighted by molar-refractivity contribution is -0.115. The number of halogens is 1. The van der Waals surface area contributed by atoms with Crippen molar-refractivity contribution in [2.45, 2.75) is 44.0 Å². The van der Waals surface area contributed by atoms with Gasteiger partial charge in [0.2, 0.25) is 11.1 Å². The summed E-state index contributed by atoms with van der Waals surface area (Å²) >= 11 is 7.34. The summed E-state index contributed by atoms with van der Waals surface area (Å²) in [6.07, 6.45) is 1.69. The van der Waals surface area contributed by atoms with Crippen LogP contribution in [0.15, 0.2) is 23.4 Å². The van der Waals surface area contributed by atoms with E-state index >= 15 is 0 Å². The van der Waals surface area contributed by atoms with Gasteiger partial charge in [0, 0.05) is 17.1 Å². The van der Waals surface area contributed by atoms with Crippen LogP contribution in [0.5, 0.6) is 0 Å². The minimum absolute atomic E-state index is 0.144. The summed E-state index contributed by atoms with van der Waals surface area (Å²) in [6.45, 7) is 5.75. The van der Waals surface area contributed by atoms with Crippen molar-refractivity contribution in [1.82, 2.24) is 14.9 Å². The third-order valence-corrected chi connectivity index (χ3v) is 4.76. The first-order valence-electron chi connectivity index (χ1n) is 7.35. The zero-order valence-corrected chi connectivity index (χ0v) is 14.9. The number of aryl methyl sites for hydroxylation is 2. The van der Waals surface area contributed by atoms with Crippen molar-refractivity contribution in [1.29, 1.82) is 0 Å². The number of carbonyl (C=O) groups is 1. The van der Waals surface area contributed by atoms with Crippen LogP contribution >= 0.6 is 23.4 Å². The molecular formula is C15H20ClN5OS. The van der Waals surface area contributed by atoms with Gasteiger partial charge < -0.3 is 11.2 Å². The summed E-state index contributed by atoms with van der Waals surface area (Å²) in [7, 11) is 0. The zero-order valence-electron chi connectivity index (χ0n) is 13.3. The molecule has 1 heterocycles. The van der Waals surface area contributed by atoms with Crippen molar-refractivity contribution in [3.8, 4) is 0 Å². The van der Waals surface area contributed by atoms with Gasteiger partial charge in [-0.1, -0.05) is 36.4 Å². The van der Waals surface area contributed by atoms with Crippen molar-refractivity contribution in [2.24, 2.45) is 0 Å². The molecule has 1 aromatic heterocycles. The average Bonchev–Trinajstić information content (AvgIpc) is 2.84. The van der Waals surface area contributed by atoms with E-state index in [1.165, 1.54) is 16.4 Å². The third kappa shape index (κ3) is 4.39. The molecule has 1 amide bonds. The number of nitrogens with zero attached hydrogens (tertiary/aromatic N) is 3. The number of nitrogens with one attached hydrogen (secondary N) is 1. The molecule has 0 unspecified atom stereocenters. The fourth-order valence-corrected chi connectivity index (χ4v) is 2.88. The van der Waals surface area contributed by atoms with Crippen LogP contribution in [0.3, 0.4) is 0 Å². The molecule has 23 heavy (non-hydrogen) atoms. The van der Waals surface area contributed by atoms with Gasteiger partial charge in [0.05, 0.1) is 5.25 Å². The SMILES string of the molecule is CCCc1nnc(S[C@@H](C)C(=O)Nc2ccc(C)c(Cl)c2)n1N. The third-order valence-electron chi connectivity index (χ3n) is 3.30. The minimum atomic E-state index is -0.365. The molecule has 0 aliphatic rings. The molecule has 124 valence electrons. The van der Waals surface area contributed by atoms with Gasteiger partial charge in [-0.05, 0) is 38.0 Å². The topological polar surface area (TPSA) is 85.8 Å². The lowest BCUT2D eigenvalue weighted by Gasteiger charge is -2.12. The van der Waals surface area contributed by atoms with Crippen LogP contribution in [-0.4, -0.2) is 26.0 Å². The first-order chi connectivity index (χ1) is 10.9. The van der Waals surface area contributed by atoms with Gasteiger partial charge in [-0.25, -0.2) is 4.68 Å². The Kier molecular flexibility index (Phi) is 5.90. The minimum Gasteiger partial charge on any atom is -0.336 e. The standard InChI is InChI=1S/C15H20ClN5OS/c1-4-5-13-19-20-15(21(13)17)23-10(3)14(22)18-11-7-6-9(2)12(16)8-11/h6-8,10H,4-5,17H2,1-3H3,(H,18,22)/t10-/m0/s1. The number of rotatable bonds is 6. The van der Waals surface area contributed by atoms with Gasteiger partial charge >= 0.3 is 0 Å². The molecule has 0 saturated heterocycles. The molecule has 0 aliphatic carbocycles. The Bertz CT molecular complexity index is 703. The lowest BCUT2D eigenvalue weighted by atomic mass is 10.2. The van der Waals surface area contributed by atoms with Crippen LogP contribution in [0.4, 0.5) is 5.69 Å². The Morgan fingerprint density at radius 3 is 2.87 bits per heavy atom. The van der Waals surface area contributed by atoms with Gasteiger partial charge in [-0.2, -0.15) is 0 Å². The Labute approximate surface area is 144 Å². The van der Waals surface area contributed by atoms with E-state index in [-0.39, 0.29) is 11.2 Å². The van der Waals surface area contributed by atoms with Gasteiger partial charge in [-0.3, -0.25) is 4.79 Å². The largest absolute Gasteiger partial charge is 0.336 e. The van der Waals surface area contributed by atoms with E-state index < -0.39 is 0 Å². The molecule has 0 radical (unpaired) electrons. The number of hydrogen-bond acceptors (Lipinski definition) is 5. The van der Waals surface area contributed by atoms with Crippen LogP contribution in [-0.2, 0) is 11.2 Å². The molecule has 2 rings (SSSR count). The summed E-state index contributed by atoms with van der Waals surface area (Å²) in [6, 6.07) is 5.42. The quantitative estimate of drug-likeness (QED) is 0.615. The highest BCUT2D eigenvalue weighted by Crippen LogP contribution is 2.24. The predicted octanol–water partition coefficient (Wildman–Crippen LogP) is 3.03. The number of amides is 1. The Morgan fingerprint density at radius 2 is 2.22 bits per heavy atom. The zero-order chi connectivity index (χ0) is 17.0. The van der Waals surface area contributed by atoms with E-state index in [0.717, 1.165) is 18.4 Å². The summed E-state index contributed by atoms with van der Waals surface area (Å²) in [5, 5.41) is 11.7.